The second-order valence-electron chi connectivity index (χ2n) is 5.58. The van der Waals surface area contributed by atoms with Gasteiger partial charge in [-0.3, -0.25) is 9.00 Å². The van der Waals surface area contributed by atoms with Crippen molar-refractivity contribution in [3.63, 3.8) is 0 Å². The van der Waals surface area contributed by atoms with Crippen LogP contribution in [-0.4, -0.2) is 26.9 Å². The number of carboxylic acids is 1. The van der Waals surface area contributed by atoms with E-state index in [4.69, 9.17) is 5.11 Å². The highest BCUT2D eigenvalue weighted by atomic mass is 32.2. The Bertz CT molecular complexity index is 801. The molecule has 2 rings (SSSR count). The number of hydrogen-bond acceptors (Lipinski definition) is 3. The van der Waals surface area contributed by atoms with E-state index in [0.29, 0.717) is 11.3 Å². The second-order valence-corrected chi connectivity index (χ2v) is 7.04. The predicted molar refractivity (Wildman–Crippen MR) is 94.7 cm³/mol. The number of amides is 1. The van der Waals surface area contributed by atoms with E-state index < -0.39 is 16.8 Å². The van der Waals surface area contributed by atoms with Gasteiger partial charge in [-0.15, -0.1) is 0 Å². The van der Waals surface area contributed by atoms with Gasteiger partial charge in [0.25, 0.3) is 0 Å². The number of hydrogen-bond donors (Lipinski definition) is 2. The Hall–Kier alpha value is -2.47. The van der Waals surface area contributed by atoms with Crippen molar-refractivity contribution in [3.05, 3.63) is 64.7 Å². The summed E-state index contributed by atoms with van der Waals surface area (Å²) in [4.78, 5) is 22.9. The third-order valence-electron chi connectivity index (χ3n) is 3.58. The molecular formula is C18H19NO4S. The Kier molecular flexibility index (Phi) is 5.87. The normalized spacial score (nSPS) is 11.8. The van der Waals surface area contributed by atoms with Crippen LogP contribution in [0.4, 0.5) is 5.69 Å². The first kappa shape index (κ1) is 17.9. The molecule has 0 bridgehead atoms. The first-order chi connectivity index (χ1) is 11.3. The van der Waals surface area contributed by atoms with Gasteiger partial charge in [-0.25, -0.2) is 4.79 Å². The third kappa shape index (κ3) is 5.03. The number of carbonyl (C=O) groups excluding carboxylic acids is 1. The largest absolute Gasteiger partial charge is 0.478 e. The number of benzene rings is 2. The van der Waals surface area contributed by atoms with E-state index in [9.17, 15) is 13.8 Å². The minimum Gasteiger partial charge on any atom is -0.478 e. The summed E-state index contributed by atoms with van der Waals surface area (Å²) in [5.41, 5.74) is 3.65. The Morgan fingerprint density at radius 3 is 2.50 bits per heavy atom. The van der Waals surface area contributed by atoms with Crippen molar-refractivity contribution in [1.29, 1.82) is 0 Å². The Morgan fingerprint density at radius 2 is 1.83 bits per heavy atom. The highest BCUT2D eigenvalue weighted by Gasteiger charge is 2.11. The lowest BCUT2D eigenvalue weighted by molar-refractivity contribution is -0.113. The predicted octanol–water partition coefficient (Wildman–Crippen LogP) is 2.89. The SMILES string of the molecule is Cc1ccc(NC(=O)CS(=O)Cc2cccc(C(=O)O)c2)cc1C. The number of carboxylic acid groups (broad SMARTS) is 1. The maximum absolute atomic E-state index is 12.1. The number of aryl methyl sites for hydroxylation is 2. The van der Waals surface area contributed by atoms with Crippen LogP contribution in [0.25, 0.3) is 0 Å². The number of carbonyl (C=O) groups is 2. The summed E-state index contributed by atoms with van der Waals surface area (Å²) in [6.07, 6.45) is 0. The first-order valence-electron chi connectivity index (χ1n) is 7.39. The lowest BCUT2D eigenvalue weighted by Gasteiger charge is -2.08. The maximum Gasteiger partial charge on any atom is 0.335 e. The van der Waals surface area contributed by atoms with E-state index in [1.807, 2.05) is 26.0 Å². The number of rotatable bonds is 6. The zero-order chi connectivity index (χ0) is 17.7. The fourth-order valence-electron chi connectivity index (χ4n) is 2.19. The van der Waals surface area contributed by atoms with Crippen LogP contribution in [0.15, 0.2) is 42.5 Å². The standard InChI is InChI=1S/C18H19NO4S/c1-12-6-7-16(8-13(12)2)19-17(20)11-24(23)10-14-4-3-5-15(9-14)18(21)22/h3-9H,10-11H2,1-2H3,(H,19,20)(H,21,22). The van der Waals surface area contributed by atoms with Crippen molar-refractivity contribution < 1.29 is 18.9 Å². The molecule has 0 aliphatic heterocycles. The van der Waals surface area contributed by atoms with Gasteiger partial charge in [-0.2, -0.15) is 0 Å². The summed E-state index contributed by atoms with van der Waals surface area (Å²) in [7, 11) is -1.41. The number of nitrogens with one attached hydrogen (secondary N) is 1. The Morgan fingerprint density at radius 1 is 1.08 bits per heavy atom. The molecule has 6 heteroatoms. The molecule has 0 fully saturated rings. The first-order valence-corrected chi connectivity index (χ1v) is 8.88. The quantitative estimate of drug-likeness (QED) is 0.843. The van der Waals surface area contributed by atoms with Crippen molar-refractivity contribution in [2.75, 3.05) is 11.1 Å². The van der Waals surface area contributed by atoms with E-state index in [1.54, 1.807) is 18.2 Å². The molecule has 2 aromatic carbocycles. The van der Waals surface area contributed by atoms with E-state index in [-0.39, 0.29) is 23.0 Å². The molecule has 1 amide bonds. The molecule has 0 saturated carbocycles. The molecule has 0 spiro atoms. The molecule has 5 nitrogen and oxygen atoms in total. The van der Waals surface area contributed by atoms with E-state index in [2.05, 4.69) is 5.32 Å². The van der Waals surface area contributed by atoms with E-state index >= 15 is 0 Å². The van der Waals surface area contributed by atoms with E-state index in [1.165, 1.54) is 12.1 Å². The lowest BCUT2D eigenvalue weighted by Crippen LogP contribution is -2.20. The summed E-state index contributed by atoms with van der Waals surface area (Å²) in [6.45, 7) is 3.94. The topological polar surface area (TPSA) is 83.5 Å². The van der Waals surface area contributed by atoms with Gasteiger partial charge in [0.2, 0.25) is 5.91 Å². The second kappa shape index (κ2) is 7.88. The van der Waals surface area contributed by atoms with Crippen LogP contribution in [-0.2, 0) is 21.3 Å². The minimum absolute atomic E-state index is 0.135. The monoisotopic (exact) mass is 345 g/mol. The highest BCUT2D eigenvalue weighted by molar-refractivity contribution is 7.84. The van der Waals surface area contributed by atoms with Gasteiger partial charge in [0, 0.05) is 22.2 Å². The van der Waals surface area contributed by atoms with Crippen molar-refractivity contribution >= 4 is 28.4 Å². The van der Waals surface area contributed by atoms with Gasteiger partial charge >= 0.3 is 5.97 Å². The molecule has 0 heterocycles. The van der Waals surface area contributed by atoms with Crippen LogP contribution in [0.1, 0.15) is 27.0 Å². The van der Waals surface area contributed by atoms with E-state index in [0.717, 1.165) is 11.1 Å². The van der Waals surface area contributed by atoms with Gasteiger partial charge in [-0.1, -0.05) is 18.2 Å². The highest BCUT2D eigenvalue weighted by Crippen LogP contribution is 2.14. The fraction of sp³-hybridized carbons (Fsp3) is 0.222. The lowest BCUT2D eigenvalue weighted by atomic mass is 10.1. The molecule has 0 aromatic heterocycles. The summed E-state index contributed by atoms with van der Waals surface area (Å²) >= 11 is 0. The van der Waals surface area contributed by atoms with Gasteiger partial charge in [0.1, 0.15) is 5.75 Å². The van der Waals surface area contributed by atoms with Gasteiger partial charge in [0.15, 0.2) is 0 Å². The van der Waals surface area contributed by atoms with Crippen LogP contribution < -0.4 is 5.32 Å². The summed E-state index contributed by atoms with van der Waals surface area (Å²) in [6, 6.07) is 11.8. The Labute approximate surface area is 143 Å². The minimum atomic E-state index is -1.41. The van der Waals surface area contributed by atoms with Crippen LogP contribution in [0.5, 0.6) is 0 Å². The molecule has 0 aliphatic carbocycles. The average molecular weight is 345 g/mol. The van der Waals surface area contributed by atoms with Gasteiger partial charge in [0.05, 0.1) is 5.56 Å². The summed E-state index contributed by atoms with van der Waals surface area (Å²) < 4.78 is 12.1. The molecule has 126 valence electrons. The molecule has 24 heavy (non-hydrogen) atoms. The van der Waals surface area contributed by atoms with Crippen LogP contribution in [0, 0.1) is 13.8 Å². The number of aromatic carboxylic acids is 1. The molecular weight excluding hydrogens is 326 g/mol. The number of anilines is 1. The van der Waals surface area contributed by atoms with Gasteiger partial charge in [-0.05, 0) is 54.8 Å². The van der Waals surface area contributed by atoms with Crippen molar-refractivity contribution in [3.8, 4) is 0 Å². The zero-order valence-electron chi connectivity index (χ0n) is 13.5. The molecule has 1 unspecified atom stereocenters. The molecule has 0 saturated heterocycles. The van der Waals surface area contributed by atoms with Crippen LogP contribution in [0.3, 0.4) is 0 Å². The van der Waals surface area contributed by atoms with Gasteiger partial charge < -0.3 is 10.4 Å². The van der Waals surface area contributed by atoms with Crippen molar-refractivity contribution in [2.45, 2.75) is 19.6 Å². The van der Waals surface area contributed by atoms with Crippen molar-refractivity contribution in [1.82, 2.24) is 0 Å². The van der Waals surface area contributed by atoms with Crippen molar-refractivity contribution in [2.24, 2.45) is 0 Å². The maximum atomic E-state index is 12.1. The fourth-order valence-corrected chi connectivity index (χ4v) is 3.21. The molecule has 2 N–H and O–H groups in total. The smallest absolute Gasteiger partial charge is 0.335 e. The zero-order valence-corrected chi connectivity index (χ0v) is 14.4. The molecule has 2 aromatic rings. The third-order valence-corrected chi connectivity index (χ3v) is 4.82. The molecule has 0 radical (unpaired) electrons. The van der Waals surface area contributed by atoms with Crippen LogP contribution >= 0.6 is 0 Å². The summed E-state index contributed by atoms with van der Waals surface area (Å²) in [5, 5.41) is 11.7. The molecule has 1 atom stereocenters. The average Bonchev–Trinajstić information content (AvgIpc) is 2.51. The summed E-state index contributed by atoms with van der Waals surface area (Å²) in [5.74, 6) is -1.35. The Balaban J connectivity index is 1.94. The van der Waals surface area contributed by atoms with Crippen LogP contribution in [0.2, 0.25) is 0 Å². The molecule has 0 aliphatic rings.